The number of H-pyrrole nitrogens is 1. The first-order chi connectivity index (χ1) is 20.8. The molecule has 1 saturated heterocycles. The molecule has 3 aromatic rings. The Morgan fingerprint density at radius 1 is 1.14 bits per heavy atom. The van der Waals surface area contributed by atoms with Crippen molar-refractivity contribution < 1.29 is 19.5 Å². The third kappa shape index (κ3) is 7.22. The lowest BCUT2D eigenvalue weighted by atomic mass is 9.95. The van der Waals surface area contributed by atoms with Crippen LogP contribution >= 0.6 is 0 Å². The molecule has 0 saturated carbocycles. The monoisotopic (exact) mass is 585 g/mol. The van der Waals surface area contributed by atoms with Crippen LogP contribution in [-0.2, 0) is 22.4 Å². The number of guanidine groups is 1. The molecular formula is C32H39N7O4. The van der Waals surface area contributed by atoms with E-state index in [0.29, 0.717) is 23.8 Å². The molecule has 11 heteroatoms. The highest BCUT2D eigenvalue weighted by Crippen LogP contribution is 2.26. The Kier molecular flexibility index (Phi) is 9.38. The van der Waals surface area contributed by atoms with Crippen LogP contribution in [0.4, 0.5) is 5.69 Å². The summed E-state index contributed by atoms with van der Waals surface area (Å²) in [6, 6.07) is 10.5. The number of carboxylic acid groups (broad SMARTS) is 1. The molecule has 43 heavy (non-hydrogen) atoms. The summed E-state index contributed by atoms with van der Waals surface area (Å²) >= 11 is 0. The summed E-state index contributed by atoms with van der Waals surface area (Å²) in [5, 5.41) is 18.7. The number of aryl methyl sites for hydroxylation is 2. The predicted molar refractivity (Wildman–Crippen MR) is 165 cm³/mol. The molecule has 0 radical (unpaired) electrons. The minimum Gasteiger partial charge on any atom is -0.480 e. The van der Waals surface area contributed by atoms with Crippen molar-refractivity contribution in [1.29, 1.82) is 0 Å². The number of aliphatic imine (C=N–C) groups is 1. The number of hydrogen-bond acceptors (Lipinski definition) is 7. The number of nitrogens with zero attached hydrogens (tertiary/aromatic N) is 3. The Bertz CT molecular complexity index is 1480. The SMILES string of the molecule is CCc1cc(-c2ncc[nH]2)cc(C)c1C(=O)NC(Cc1ccc(N2CCC(C(=O)NC3=NCCCN3)CC2)cc1)C(=O)O. The molecule has 1 aromatic heterocycles. The van der Waals surface area contributed by atoms with Crippen LogP contribution in [0.15, 0.2) is 53.8 Å². The largest absolute Gasteiger partial charge is 0.480 e. The van der Waals surface area contributed by atoms with Crippen molar-refractivity contribution >= 4 is 29.4 Å². The van der Waals surface area contributed by atoms with Crippen molar-refractivity contribution in [2.45, 2.75) is 52.0 Å². The van der Waals surface area contributed by atoms with Crippen molar-refractivity contribution in [2.75, 3.05) is 31.1 Å². The first kappa shape index (κ1) is 29.8. The molecule has 11 nitrogen and oxygen atoms in total. The average molecular weight is 586 g/mol. The number of carboxylic acids is 1. The molecule has 5 rings (SSSR count). The van der Waals surface area contributed by atoms with E-state index in [1.807, 2.05) is 50.2 Å². The lowest BCUT2D eigenvalue weighted by Gasteiger charge is -2.33. The zero-order chi connectivity index (χ0) is 30.3. The molecule has 5 N–H and O–H groups in total. The Balaban J connectivity index is 1.18. The van der Waals surface area contributed by atoms with E-state index < -0.39 is 17.9 Å². The summed E-state index contributed by atoms with van der Waals surface area (Å²) in [6.45, 7) is 6.89. The van der Waals surface area contributed by atoms with Gasteiger partial charge in [0.2, 0.25) is 5.91 Å². The molecule has 2 aromatic carbocycles. The van der Waals surface area contributed by atoms with Crippen molar-refractivity contribution in [1.82, 2.24) is 25.9 Å². The Morgan fingerprint density at radius 2 is 1.91 bits per heavy atom. The van der Waals surface area contributed by atoms with E-state index in [1.165, 1.54) is 0 Å². The molecule has 226 valence electrons. The zero-order valence-electron chi connectivity index (χ0n) is 24.7. The molecular weight excluding hydrogens is 546 g/mol. The van der Waals surface area contributed by atoms with Gasteiger partial charge in [-0.25, -0.2) is 9.78 Å². The van der Waals surface area contributed by atoms with Gasteiger partial charge in [0.25, 0.3) is 5.91 Å². The maximum absolute atomic E-state index is 13.4. The Hall–Kier alpha value is -4.67. The van der Waals surface area contributed by atoms with Crippen molar-refractivity contribution in [3.8, 4) is 11.4 Å². The maximum atomic E-state index is 13.4. The third-order valence-corrected chi connectivity index (χ3v) is 8.15. The molecule has 1 atom stereocenters. The van der Waals surface area contributed by atoms with Crippen LogP contribution in [0, 0.1) is 12.8 Å². The fourth-order valence-electron chi connectivity index (χ4n) is 5.77. The first-order valence-electron chi connectivity index (χ1n) is 14.9. The van der Waals surface area contributed by atoms with E-state index >= 15 is 0 Å². The summed E-state index contributed by atoms with van der Waals surface area (Å²) in [5.74, 6) is -0.236. The minimum absolute atomic E-state index is 0.0135. The smallest absolute Gasteiger partial charge is 0.326 e. The van der Waals surface area contributed by atoms with Crippen LogP contribution in [-0.4, -0.2) is 71.0 Å². The fourth-order valence-corrected chi connectivity index (χ4v) is 5.77. The first-order valence-corrected chi connectivity index (χ1v) is 14.9. The number of carbonyl (C=O) groups excluding carboxylic acids is 2. The van der Waals surface area contributed by atoms with Gasteiger partial charge in [-0.05, 0) is 73.6 Å². The van der Waals surface area contributed by atoms with Gasteiger partial charge in [-0.1, -0.05) is 19.1 Å². The van der Waals surface area contributed by atoms with E-state index in [4.69, 9.17) is 0 Å². The molecule has 0 spiro atoms. The van der Waals surface area contributed by atoms with Gasteiger partial charge in [0.1, 0.15) is 11.9 Å². The number of benzene rings is 2. The van der Waals surface area contributed by atoms with Gasteiger partial charge in [0, 0.05) is 67.7 Å². The topological polar surface area (TPSA) is 152 Å². The normalized spacial score (nSPS) is 16.1. The number of hydrogen-bond donors (Lipinski definition) is 5. The average Bonchev–Trinajstić information content (AvgIpc) is 3.56. The second-order valence-corrected chi connectivity index (χ2v) is 11.1. The van der Waals surface area contributed by atoms with Gasteiger partial charge in [0.05, 0.1) is 0 Å². The number of aliphatic carboxylic acids is 1. The minimum atomic E-state index is -1.09. The Morgan fingerprint density at radius 3 is 2.53 bits per heavy atom. The summed E-state index contributed by atoms with van der Waals surface area (Å²) in [5.41, 5.74) is 4.81. The third-order valence-electron chi connectivity index (χ3n) is 8.15. The van der Waals surface area contributed by atoms with E-state index in [2.05, 4.69) is 35.8 Å². The number of piperidine rings is 1. The van der Waals surface area contributed by atoms with Crippen LogP contribution in [0.3, 0.4) is 0 Å². The number of anilines is 1. The molecule has 0 bridgehead atoms. The quantitative estimate of drug-likeness (QED) is 0.259. The molecule has 0 aliphatic carbocycles. The predicted octanol–water partition coefficient (Wildman–Crippen LogP) is 3.06. The lowest BCUT2D eigenvalue weighted by Crippen LogP contribution is -2.48. The van der Waals surface area contributed by atoms with Crippen LogP contribution in [0.5, 0.6) is 0 Å². The standard InChI is InChI=1S/C32H39N7O4/c1-3-22-19-24(28-33-13-14-34-28)17-20(2)27(22)30(41)37-26(31(42)43)18-21-5-7-25(8-6-21)39-15-9-23(10-16-39)29(40)38-32-35-11-4-12-36-32/h5-8,13-14,17,19,23,26H,3-4,9-12,15-16,18H2,1-2H3,(H,33,34)(H,37,41)(H,42,43)(H2,35,36,38,40). The van der Waals surface area contributed by atoms with Crippen LogP contribution < -0.4 is 20.9 Å². The van der Waals surface area contributed by atoms with Gasteiger partial charge in [0.15, 0.2) is 5.96 Å². The van der Waals surface area contributed by atoms with Crippen molar-refractivity contribution in [3.05, 3.63) is 71.0 Å². The molecule has 1 unspecified atom stereocenters. The van der Waals surface area contributed by atoms with E-state index in [1.54, 1.807) is 12.4 Å². The second-order valence-electron chi connectivity index (χ2n) is 11.1. The molecule has 2 aliphatic heterocycles. The molecule has 2 aliphatic rings. The van der Waals surface area contributed by atoms with Crippen LogP contribution in [0.1, 0.15) is 53.2 Å². The van der Waals surface area contributed by atoms with Gasteiger partial charge < -0.3 is 25.6 Å². The maximum Gasteiger partial charge on any atom is 0.326 e. The number of imidazole rings is 1. The van der Waals surface area contributed by atoms with E-state index in [9.17, 15) is 19.5 Å². The molecule has 3 heterocycles. The van der Waals surface area contributed by atoms with Crippen molar-refractivity contribution in [3.63, 3.8) is 0 Å². The summed E-state index contributed by atoms with van der Waals surface area (Å²) < 4.78 is 0. The molecule has 1 fully saturated rings. The van der Waals surface area contributed by atoms with E-state index in [-0.39, 0.29) is 18.2 Å². The summed E-state index contributed by atoms with van der Waals surface area (Å²) in [4.78, 5) is 52.1. The van der Waals surface area contributed by atoms with E-state index in [0.717, 1.165) is 73.4 Å². The highest BCUT2D eigenvalue weighted by Gasteiger charge is 2.27. The van der Waals surface area contributed by atoms with Crippen molar-refractivity contribution in [2.24, 2.45) is 10.9 Å². The van der Waals surface area contributed by atoms with Gasteiger partial charge in [-0.2, -0.15) is 0 Å². The Labute approximate surface area is 251 Å². The fraction of sp³-hybridized carbons (Fsp3) is 0.406. The zero-order valence-corrected chi connectivity index (χ0v) is 24.7. The number of rotatable bonds is 9. The number of aromatic amines is 1. The number of carbonyl (C=O) groups is 3. The second kappa shape index (κ2) is 13.5. The van der Waals surface area contributed by atoms with Gasteiger partial charge in [-0.15, -0.1) is 0 Å². The van der Waals surface area contributed by atoms with Gasteiger partial charge >= 0.3 is 5.97 Å². The van der Waals surface area contributed by atoms with Crippen LogP contribution in [0.25, 0.3) is 11.4 Å². The number of amides is 2. The summed E-state index contributed by atoms with van der Waals surface area (Å²) in [7, 11) is 0. The van der Waals surface area contributed by atoms with Gasteiger partial charge in [-0.3, -0.25) is 19.9 Å². The highest BCUT2D eigenvalue weighted by atomic mass is 16.4. The lowest BCUT2D eigenvalue weighted by molar-refractivity contribution is -0.139. The number of aromatic nitrogens is 2. The molecule has 2 amide bonds. The van der Waals surface area contributed by atoms with Crippen LogP contribution in [0.2, 0.25) is 0 Å². The highest BCUT2D eigenvalue weighted by molar-refractivity contribution is 6.00. The number of nitrogens with one attached hydrogen (secondary N) is 4. The summed E-state index contributed by atoms with van der Waals surface area (Å²) in [6.07, 6.45) is 6.67.